The molecule has 1 aromatic carbocycles. The monoisotopic (exact) mass is 354 g/mol. The Labute approximate surface area is 152 Å². The zero-order valence-corrected chi connectivity index (χ0v) is 15.1. The number of hydrogen-bond donors (Lipinski definition) is 0. The molecule has 0 aliphatic carbocycles. The van der Waals surface area contributed by atoms with E-state index in [0.29, 0.717) is 24.2 Å². The van der Waals surface area contributed by atoms with E-state index in [2.05, 4.69) is 18.8 Å². The number of benzene rings is 1. The highest BCUT2D eigenvalue weighted by Gasteiger charge is 2.53. The van der Waals surface area contributed by atoms with E-state index < -0.39 is 12.2 Å². The minimum Gasteiger partial charge on any atom is -0.423 e. The smallest absolute Gasteiger partial charge is 0.328 e. The highest BCUT2D eigenvalue weighted by molar-refractivity contribution is 6.04. The third-order valence-corrected chi connectivity index (χ3v) is 4.94. The summed E-state index contributed by atoms with van der Waals surface area (Å²) in [4.78, 5) is 34.7. The van der Waals surface area contributed by atoms with Gasteiger partial charge in [-0.05, 0) is 12.3 Å². The molecule has 0 spiro atoms. The Morgan fingerprint density at radius 1 is 1.19 bits per heavy atom. The van der Waals surface area contributed by atoms with Gasteiger partial charge in [0.2, 0.25) is 0 Å². The van der Waals surface area contributed by atoms with Crippen LogP contribution in [0.5, 0.6) is 0 Å². The molecule has 7 nitrogen and oxygen atoms in total. The lowest BCUT2D eigenvalue weighted by Gasteiger charge is -2.40. The number of nitrogens with zero attached hydrogens (tertiary/aromatic N) is 4. The first-order valence-electron chi connectivity index (χ1n) is 8.87. The molecular weight excluding hydrogens is 332 g/mol. The van der Waals surface area contributed by atoms with Gasteiger partial charge in [-0.3, -0.25) is 14.6 Å². The van der Waals surface area contributed by atoms with E-state index in [1.165, 1.54) is 9.80 Å². The summed E-state index contributed by atoms with van der Waals surface area (Å²) in [5.41, 5.74) is 0.922. The fourth-order valence-corrected chi connectivity index (χ4v) is 3.41. The van der Waals surface area contributed by atoms with Crippen molar-refractivity contribution in [3.63, 3.8) is 0 Å². The summed E-state index contributed by atoms with van der Waals surface area (Å²) in [6.07, 6.45) is 2.04. The largest absolute Gasteiger partial charge is 0.423 e. The van der Waals surface area contributed by atoms with E-state index in [1.54, 1.807) is 18.1 Å². The van der Waals surface area contributed by atoms with E-state index in [1.807, 2.05) is 30.3 Å². The number of imide groups is 1. The van der Waals surface area contributed by atoms with Crippen molar-refractivity contribution in [1.82, 2.24) is 14.7 Å². The lowest BCUT2D eigenvalue weighted by molar-refractivity contribution is -0.136. The Morgan fingerprint density at radius 2 is 1.92 bits per heavy atom. The summed E-state index contributed by atoms with van der Waals surface area (Å²) in [6, 6.07) is 9.19. The van der Waals surface area contributed by atoms with Crippen LogP contribution in [-0.4, -0.2) is 58.5 Å². The summed E-state index contributed by atoms with van der Waals surface area (Å²) >= 11 is 0. The van der Waals surface area contributed by atoms with E-state index in [4.69, 9.17) is 4.74 Å². The lowest BCUT2D eigenvalue weighted by Crippen LogP contribution is -2.64. The van der Waals surface area contributed by atoms with Crippen LogP contribution in [0.2, 0.25) is 0 Å². The number of likely N-dealkylation sites (N-methyl/N-ethyl adjacent to an activating group) is 1. The first-order valence-corrected chi connectivity index (χ1v) is 8.87. The van der Waals surface area contributed by atoms with Crippen molar-refractivity contribution in [2.75, 3.05) is 13.6 Å². The molecule has 1 aromatic rings. The number of ether oxygens (including phenoxy) is 1. The van der Waals surface area contributed by atoms with Crippen molar-refractivity contribution in [3.8, 4) is 0 Å². The molecule has 7 heteroatoms. The number of carbonyl (C=O) groups excluding carboxylic acids is 2. The zero-order chi connectivity index (χ0) is 18.4. The Morgan fingerprint density at radius 3 is 2.62 bits per heavy atom. The van der Waals surface area contributed by atoms with Gasteiger partial charge in [-0.2, -0.15) is 0 Å². The number of rotatable bonds is 4. The lowest BCUT2D eigenvalue weighted by atomic mass is 10.1. The summed E-state index contributed by atoms with van der Waals surface area (Å²) in [6.45, 7) is 4.57. The van der Waals surface area contributed by atoms with Gasteiger partial charge in [0.1, 0.15) is 0 Å². The molecule has 2 atom stereocenters. The molecule has 1 fully saturated rings. The molecule has 26 heavy (non-hydrogen) atoms. The number of aliphatic imine (C=N–C) groups is 1. The SMILES string of the molecule is CC(C)CCN1C(=O)C2C(N=C3OC(c4ccccc4)=CN32)N(C)C1=O. The highest BCUT2D eigenvalue weighted by Crippen LogP contribution is 2.35. The Balaban J connectivity index is 1.61. The summed E-state index contributed by atoms with van der Waals surface area (Å²) in [5, 5.41) is 0. The maximum Gasteiger partial charge on any atom is 0.328 e. The molecule has 3 amide bonds. The minimum atomic E-state index is -0.568. The molecule has 0 aromatic heterocycles. The minimum absolute atomic E-state index is 0.216. The van der Waals surface area contributed by atoms with Crippen LogP contribution in [0, 0.1) is 5.92 Å². The first kappa shape index (κ1) is 16.6. The van der Waals surface area contributed by atoms with E-state index in [0.717, 1.165) is 12.0 Å². The predicted molar refractivity (Wildman–Crippen MR) is 96.7 cm³/mol. The second-order valence-corrected chi connectivity index (χ2v) is 7.20. The van der Waals surface area contributed by atoms with Crippen LogP contribution in [0.3, 0.4) is 0 Å². The van der Waals surface area contributed by atoms with Crippen molar-refractivity contribution in [1.29, 1.82) is 0 Å². The van der Waals surface area contributed by atoms with Crippen LogP contribution < -0.4 is 0 Å². The van der Waals surface area contributed by atoms with Crippen LogP contribution in [0.4, 0.5) is 4.79 Å². The van der Waals surface area contributed by atoms with E-state index in [9.17, 15) is 9.59 Å². The normalized spacial score (nSPS) is 24.5. The van der Waals surface area contributed by atoms with Crippen molar-refractivity contribution in [2.45, 2.75) is 32.5 Å². The molecule has 4 rings (SSSR count). The summed E-state index contributed by atoms with van der Waals surface area (Å²) in [5.74, 6) is 0.851. The fourth-order valence-electron chi connectivity index (χ4n) is 3.41. The van der Waals surface area contributed by atoms with Crippen LogP contribution in [-0.2, 0) is 9.53 Å². The molecule has 0 saturated carbocycles. The van der Waals surface area contributed by atoms with Gasteiger partial charge in [0, 0.05) is 19.2 Å². The Hall–Kier alpha value is -2.83. The van der Waals surface area contributed by atoms with Gasteiger partial charge in [0.05, 0.1) is 6.20 Å². The number of fused-ring (bicyclic) bond motifs is 3. The second kappa shape index (κ2) is 6.16. The van der Waals surface area contributed by atoms with Crippen molar-refractivity contribution < 1.29 is 14.3 Å². The average molecular weight is 354 g/mol. The molecular formula is C19H22N4O3. The highest BCUT2D eigenvalue weighted by atomic mass is 16.5. The number of carbonyl (C=O) groups is 2. The molecule has 3 aliphatic rings. The first-order chi connectivity index (χ1) is 12.5. The molecule has 136 valence electrons. The quantitative estimate of drug-likeness (QED) is 0.832. The van der Waals surface area contributed by atoms with Gasteiger partial charge in [-0.25, -0.2) is 9.79 Å². The van der Waals surface area contributed by atoms with E-state index in [-0.39, 0.29) is 11.9 Å². The predicted octanol–water partition coefficient (Wildman–Crippen LogP) is 2.32. The van der Waals surface area contributed by atoms with Gasteiger partial charge in [-0.15, -0.1) is 0 Å². The standard InChI is InChI=1S/C19H22N4O3/c1-12(2)9-10-22-17(24)15-16(21(3)19(22)25)20-18-23(15)11-14(26-18)13-7-5-4-6-8-13/h4-8,11-12,15-16H,9-10H2,1-3H3. The van der Waals surface area contributed by atoms with Crippen LogP contribution >= 0.6 is 0 Å². The summed E-state index contributed by atoms with van der Waals surface area (Å²) < 4.78 is 5.86. The number of hydrogen-bond acceptors (Lipinski definition) is 5. The van der Waals surface area contributed by atoms with Crippen LogP contribution in [0.15, 0.2) is 41.5 Å². The molecule has 3 aliphatic heterocycles. The Bertz CT molecular complexity index is 802. The molecule has 3 heterocycles. The van der Waals surface area contributed by atoms with Gasteiger partial charge in [0.15, 0.2) is 18.0 Å². The molecule has 0 radical (unpaired) electrons. The maximum atomic E-state index is 13.0. The van der Waals surface area contributed by atoms with Crippen molar-refractivity contribution in [3.05, 3.63) is 42.1 Å². The number of amidine groups is 1. The third kappa shape index (κ3) is 2.55. The third-order valence-electron chi connectivity index (χ3n) is 4.94. The van der Waals surface area contributed by atoms with Gasteiger partial charge in [-0.1, -0.05) is 44.2 Å². The van der Waals surface area contributed by atoms with E-state index >= 15 is 0 Å². The van der Waals surface area contributed by atoms with Crippen molar-refractivity contribution >= 4 is 23.7 Å². The van der Waals surface area contributed by atoms with Crippen LogP contribution in [0.1, 0.15) is 25.8 Å². The molecule has 2 unspecified atom stereocenters. The average Bonchev–Trinajstić information content (AvgIpc) is 3.18. The Kier molecular flexibility index (Phi) is 3.94. The molecule has 1 saturated heterocycles. The zero-order valence-electron chi connectivity index (χ0n) is 15.1. The fraction of sp³-hybridized carbons (Fsp3) is 0.421. The van der Waals surface area contributed by atoms with Crippen molar-refractivity contribution in [2.24, 2.45) is 10.9 Å². The van der Waals surface area contributed by atoms with Gasteiger partial charge < -0.3 is 9.64 Å². The topological polar surface area (TPSA) is 65.5 Å². The second-order valence-electron chi connectivity index (χ2n) is 7.20. The van der Waals surface area contributed by atoms with Crippen LogP contribution in [0.25, 0.3) is 5.76 Å². The van der Waals surface area contributed by atoms with Gasteiger partial charge in [0.25, 0.3) is 11.9 Å². The number of amides is 3. The number of urea groups is 1. The maximum absolute atomic E-state index is 13.0. The summed E-state index contributed by atoms with van der Waals surface area (Å²) in [7, 11) is 1.68. The van der Waals surface area contributed by atoms with Gasteiger partial charge >= 0.3 is 6.03 Å². The molecule has 0 N–H and O–H groups in total. The molecule has 0 bridgehead atoms.